The van der Waals surface area contributed by atoms with Gasteiger partial charge in [-0.3, -0.25) is 13.8 Å². The quantitative estimate of drug-likeness (QED) is 0.250. The number of fused-ring (bicyclic) bond motifs is 3. The first-order valence-corrected chi connectivity index (χ1v) is 16.4. The molecule has 0 unspecified atom stereocenters. The fraction of sp³-hybridized carbons (Fsp3) is 0.297. The number of carbonyl (C=O) groups excluding carboxylic acids is 1. The standard InChI is InChI=1S/C37H35F2N7O4/c1-21-14-25(15-22(2)31(21)38)46-34(44-13-12-43(35(44)48)29-11-10-28-27(32(29)39)18-40-42(28)4)30-23(3)45(20-37(33(30)41-46)16-26(47)17-37)36(49)50-19-24-8-6-5-7-9-24/h5-15,18,23,26,47H,16-17,19-20H2,1-4H3/t23-,26?,37?/m0/s1. The Morgan fingerprint density at radius 3 is 2.42 bits per heavy atom. The molecule has 3 aromatic carbocycles. The van der Waals surface area contributed by atoms with Crippen LogP contribution in [0.1, 0.15) is 53.8 Å². The number of hydrogen-bond donors (Lipinski definition) is 1. The van der Waals surface area contributed by atoms with Gasteiger partial charge in [-0.1, -0.05) is 30.3 Å². The molecule has 50 heavy (non-hydrogen) atoms. The summed E-state index contributed by atoms with van der Waals surface area (Å²) < 4.78 is 42.3. The lowest BCUT2D eigenvalue weighted by molar-refractivity contribution is -0.0212. The molecule has 0 bridgehead atoms. The van der Waals surface area contributed by atoms with Crippen molar-refractivity contribution >= 4 is 17.0 Å². The number of imidazole rings is 1. The van der Waals surface area contributed by atoms with Gasteiger partial charge in [-0.2, -0.15) is 10.2 Å². The predicted molar refractivity (Wildman–Crippen MR) is 181 cm³/mol. The number of halogens is 2. The van der Waals surface area contributed by atoms with E-state index in [1.54, 1.807) is 53.4 Å². The van der Waals surface area contributed by atoms with Gasteiger partial charge in [0.05, 0.1) is 46.3 Å². The third-order valence-corrected chi connectivity index (χ3v) is 10.2. The topological polar surface area (TPSA) is 112 Å². The summed E-state index contributed by atoms with van der Waals surface area (Å²) in [6.07, 6.45) is 3.98. The maximum absolute atomic E-state index is 15.9. The number of aryl methyl sites for hydroxylation is 3. The summed E-state index contributed by atoms with van der Waals surface area (Å²) in [6.45, 7) is 5.48. The van der Waals surface area contributed by atoms with Crippen LogP contribution in [0.2, 0.25) is 0 Å². The van der Waals surface area contributed by atoms with Crippen LogP contribution in [0.3, 0.4) is 0 Å². The molecule has 0 saturated heterocycles. The Morgan fingerprint density at radius 1 is 1.02 bits per heavy atom. The van der Waals surface area contributed by atoms with E-state index < -0.39 is 35.2 Å². The first-order valence-electron chi connectivity index (χ1n) is 16.4. The molecular formula is C37H35F2N7O4. The second kappa shape index (κ2) is 11.5. The predicted octanol–water partition coefficient (Wildman–Crippen LogP) is 5.70. The van der Waals surface area contributed by atoms with E-state index in [1.165, 1.54) is 33.8 Å². The summed E-state index contributed by atoms with van der Waals surface area (Å²) >= 11 is 0. The zero-order chi connectivity index (χ0) is 35.1. The number of aliphatic hydroxyl groups excluding tert-OH is 1. The van der Waals surface area contributed by atoms with Gasteiger partial charge in [-0.05, 0) is 74.6 Å². The molecule has 1 spiro atoms. The zero-order valence-corrected chi connectivity index (χ0v) is 28.0. The van der Waals surface area contributed by atoms with E-state index in [1.807, 2.05) is 37.3 Å². The molecule has 1 saturated carbocycles. The minimum Gasteiger partial charge on any atom is -0.445 e. The van der Waals surface area contributed by atoms with Gasteiger partial charge in [0.15, 0.2) is 5.82 Å². The molecule has 1 aliphatic heterocycles. The molecule has 6 aromatic rings. The van der Waals surface area contributed by atoms with Crippen molar-refractivity contribution in [1.82, 2.24) is 33.6 Å². The van der Waals surface area contributed by atoms with Crippen LogP contribution in [0.25, 0.3) is 28.1 Å². The minimum absolute atomic E-state index is 0.0420. The molecule has 8 rings (SSSR count). The molecule has 13 heteroatoms. The Kier molecular flexibility index (Phi) is 7.30. The summed E-state index contributed by atoms with van der Waals surface area (Å²) in [4.78, 5) is 29.8. The zero-order valence-electron chi connectivity index (χ0n) is 28.0. The first-order chi connectivity index (χ1) is 24.0. The SMILES string of the molecule is Cc1cc(-n2nc3c(c2-n2ccn(-c4ccc5c(cnn5C)c4F)c2=O)[C@H](C)N(C(=O)OCc2ccccc2)CC32CC(O)C2)cc(C)c1F. The van der Waals surface area contributed by atoms with E-state index in [9.17, 15) is 19.1 Å². The average molecular weight is 680 g/mol. The maximum Gasteiger partial charge on any atom is 0.410 e. The lowest BCUT2D eigenvalue weighted by Crippen LogP contribution is -2.57. The van der Waals surface area contributed by atoms with Crippen LogP contribution in [0.4, 0.5) is 13.6 Å². The van der Waals surface area contributed by atoms with Gasteiger partial charge in [-0.15, -0.1) is 0 Å². The number of aromatic nitrogens is 6. The second-order valence-electron chi connectivity index (χ2n) is 13.5. The Balaban J connectivity index is 1.31. The second-order valence-corrected chi connectivity index (χ2v) is 13.5. The van der Waals surface area contributed by atoms with Crippen LogP contribution >= 0.6 is 0 Å². The maximum atomic E-state index is 15.9. The van der Waals surface area contributed by atoms with Crippen molar-refractivity contribution in [3.8, 4) is 17.2 Å². The molecule has 1 fully saturated rings. The van der Waals surface area contributed by atoms with E-state index in [4.69, 9.17) is 9.84 Å². The number of rotatable bonds is 5. The van der Waals surface area contributed by atoms with E-state index in [0.717, 1.165) is 5.56 Å². The molecule has 3 aromatic heterocycles. The highest BCUT2D eigenvalue weighted by Crippen LogP contribution is 2.52. The smallest absolute Gasteiger partial charge is 0.410 e. The molecule has 4 heterocycles. The highest BCUT2D eigenvalue weighted by Gasteiger charge is 2.55. The van der Waals surface area contributed by atoms with Crippen molar-refractivity contribution in [2.45, 2.75) is 57.8 Å². The third kappa shape index (κ3) is 4.78. The van der Waals surface area contributed by atoms with E-state index in [2.05, 4.69) is 5.10 Å². The van der Waals surface area contributed by atoms with Crippen LogP contribution in [-0.2, 0) is 23.8 Å². The van der Waals surface area contributed by atoms with Gasteiger partial charge in [0, 0.05) is 37.0 Å². The van der Waals surface area contributed by atoms with E-state index in [-0.39, 0.29) is 30.0 Å². The lowest BCUT2D eigenvalue weighted by Gasteiger charge is -2.51. The van der Waals surface area contributed by atoms with Gasteiger partial charge in [0.2, 0.25) is 0 Å². The third-order valence-electron chi connectivity index (χ3n) is 10.2. The van der Waals surface area contributed by atoms with Crippen molar-refractivity contribution < 1.29 is 23.4 Å². The summed E-state index contributed by atoms with van der Waals surface area (Å²) in [5.41, 5.74) is 2.67. The van der Waals surface area contributed by atoms with Crippen molar-refractivity contribution in [3.05, 3.63) is 123 Å². The number of aliphatic hydroxyl groups is 1. The molecule has 1 amide bonds. The van der Waals surface area contributed by atoms with Crippen molar-refractivity contribution in [1.29, 1.82) is 0 Å². The molecule has 1 N–H and O–H groups in total. The van der Waals surface area contributed by atoms with Crippen LogP contribution in [-0.4, -0.2) is 57.4 Å². The molecule has 2 aliphatic rings. The van der Waals surface area contributed by atoms with Crippen LogP contribution in [0.15, 0.2) is 78.0 Å². The van der Waals surface area contributed by atoms with E-state index >= 15 is 4.39 Å². The summed E-state index contributed by atoms with van der Waals surface area (Å²) in [6, 6.07) is 15.3. The normalized spacial score (nSPS) is 19.9. The number of carbonyl (C=O) groups is 1. The minimum atomic E-state index is -0.721. The van der Waals surface area contributed by atoms with Crippen molar-refractivity contribution in [3.63, 3.8) is 0 Å². The summed E-state index contributed by atoms with van der Waals surface area (Å²) in [5, 5.41) is 20.1. The largest absolute Gasteiger partial charge is 0.445 e. The van der Waals surface area contributed by atoms with Gasteiger partial charge >= 0.3 is 11.8 Å². The average Bonchev–Trinajstić information content (AvgIpc) is 3.79. The monoisotopic (exact) mass is 679 g/mol. The van der Waals surface area contributed by atoms with Crippen LogP contribution in [0.5, 0.6) is 0 Å². The number of nitrogens with zero attached hydrogens (tertiary/aromatic N) is 7. The molecule has 256 valence electrons. The van der Waals surface area contributed by atoms with Crippen molar-refractivity contribution in [2.24, 2.45) is 7.05 Å². The Labute approximate surface area is 285 Å². The lowest BCUT2D eigenvalue weighted by atomic mass is 9.61. The number of hydrogen-bond acceptors (Lipinski definition) is 6. The van der Waals surface area contributed by atoms with Crippen LogP contribution < -0.4 is 5.69 Å². The number of benzene rings is 3. The summed E-state index contributed by atoms with van der Waals surface area (Å²) in [5.74, 6) is -0.624. The van der Waals surface area contributed by atoms with Gasteiger partial charge in [-0.25, -0.2) is 23.1 Å². The van der Waals surface area contributed by atoms with Gasteiger partial charge in [0.25, 0.3) is 0 Å². The molecule has 1 atom stereocenters. The summed E-state index contributed by atoms with van der Waals surface area (Å²) in [7, 11) is 1.71. The molecular weight excluding hydrogens is 644 g/mol. The van der Waals surface area contributed by atoms with Crippen molar-refractivity contribution in [2.75, 3.05) is 6.54 Å². The molecule has 0 radical (unpaired) electrons. The van der Waals surface area contributed by atoms with Gasteiger partial charge in [0.1, 0.15) is 18.2 Å². The van der Waals surface area contributed by atoms with Crippen LogP contribution in [0, 0.1) is 25.5 Å². The van der Waals surface area contributed by atoms with Gasteiger partial charge < -0.3 is 14.7 Å². The highest BCUT2D eigenvalue weighted by molar-refractivity contribution is 5.81. The first kappa shape index (κ1) is 31.7. The fourth-order valence-corrected chi connectivity index (χ4v) is 7.63. The Hall–Kier alpha value is -5.56. The van der Waals surface area contributed by atoms with E-state index in [0.29, 0.717) is 52.2 Å². The Bertz CT molecular complexity index is 2350. The number of amides is 1. The fourth-order valence-electron chi connectivity index (χ4n) is 7.63. The molecule has 1 aliphatic carbocycles. The number of ether oxygens (including phenoxy) is 1. The highest BCUT2D eigenvalue weighted by atomic mass is 19.1. The Morgan fingerprint density at radius 2 is 1.72 bits per heavy atom. The molecule has 11 nitrogen and oxygen atoms in total.